The topological polar surface area (TPSA) is 42.5 Å². The summed E-state index contributed by atoms with van der Waals surface area (Å²) < 4.78 is 6.78. The maximum Gasteiger partial charge on any atom is 0.173 e. The van der Waals surface area contributed by atoms with Crippen molar-refractivity contribution in [1.29, 1.82) is 0 Å². The molecule has 0 rings (SSSR count). The first-order valence-electron chi connectivity index (χ1n) is 11.3. The van der Waals surface area contributed by atoms with E-state index in [0.29, 0.717) is 0 Å². The molecule has 3 nitrogen and oxygen atoms in total. The zero-order chi connectivity index (χ0) is 20.8. The summed E-state index contributed by atoms with van der Waals surface area (Å²) in [6, 6.07) is 2.59. The van der Waals surface area contributed by atoms with Crippen LogP contribution in [0.15, 0.2) is 23.3 Å². The Morgan fingerprint density at radius 2 is 1.11 bits per heavy atom. The summed E-state index contributed by atoms with van der Waals surface area (Å²) in [5, 5.41) is 4.88. The number of hydrogen-bond donors (Lipinski definition) is 2. The van der Waals surface area contributed by atoms with E-state index in [1.807, 2.05) is 0 Å². The third-order valence-electron chi connectivity index (χ3n) is 5.31. The minimum absolute atomic E-state index is 1.13. The van der Waals surface area contributed by atoms with Crippen LogP contribution < -0.4 is 10.6 Å². The molecule has 0 aromatic rings. The van der Waals surface area contributed by atoms with Gasteiger partial charge in [0.15, 0.2) is 16.6 Å². The van der Waals surface area contributed by atoms with E-state index in [-0.39, 0.29) is 0 Å². The third kappa shape index (κ3) is 16.5. The van der Waals surface area contributed by atoms with E-state index in [0.717, 1.165) is 13.1 Å². The Bertz CT molecular complexity index is 406. The van der Waals surface area contributed by atoms with Crippen molar-refractivity contribution in [2.75, 3.05) is 26.2 Å². The van der Waals surface area contributed by atoms with Crippen LogP contribution in [0, 0.1) is 0 Å². The van der Waals surface area contributed by atoms with Crippen LogP contribution in [-0.4, -0.2) is 42.8 Å². The molecule has 160 valence electrons. The van der Waals surface area contributed by atoms with Crippen molar-refractivity contribution in [3.05, 3.63) is 23.3 Å². The number of hydrogen-bond acceptors (Lipinski definition) is 1. The maximum atomic E-state index is 6.78. The first-order valence-corrected chi connectivity index (χ1v) is 17.5. The highest BCUT2D eigenvalue weighted by Crippen LogP contribution is 2.23. The molecule has 0 saturated carbocycles. The highest BCUT2D eigenvalue weighted by Gasteiger charge is 2.32. The molecule has 5 heteroatoms. The lowest BCUT2D eigenvalue weighted by Gasteiger charge is -2.34. The summed E-state index contributed by atoms with van der Waals surface area (Å²) in [5.74, 6) is 0. The first-order chi connectivity index (χ1) is 12.6. The molecule has 0 atom stereocenters. The molecule has 0 aromatic heterocycles. The molecule has 0 spiro atoms. The maximum absolute atomic E-state index is 6.78. The van der Waals surface area contributed by atoms with Crippen molar-refractivity contribution >= 4 is 16.6 Å². The minimum Gasteiger partial charge on any atom is -0.455 e. The van der Waals surface area contributed by atoms with Gasteiger partial charge in [0.2, 0.25) is 0 Å². The molecule has 0 saturated heterocycles. The van der Waals surface area contributed by atoms with Crippen molar-refractivity contribution in [1.82, 2.24) is 0 Å². The van der Waals surface area contributed by atoms with E-state index in [1.54, 1.807) is 0 Å². The minimum atomic E-state index is -1.52. The zero-order valence-electron chi connectivity index (χ0n) is 19.8. The lowest BCUT2D eigenvalue weighted by molar-refractivity contribution is -0.646. The van der Waals surface area contributed by atoms with Gasteiger partial charge in [0, 0.05) is 0 Å². The van der Waals surface area contributed by atoms with Crippen molar-refractivity contribution < 1.29 is 14.7 Å². The third-order valence-corrected chi connectivity index (χ3v) is 12.8. The van der Waals surface area contributed by atoms with Gasteiger partial charge in [-0.3, -0.25) is 0 Å². The lowest BCUT2D eigenvalue weighted by atomic mass is 10.2. The molecule has 0 fully saturated rings. The van der Waals surface area contributed by atoms with Gasteiger partial charge < -0.3 is 14.7 Å². The Hall–Kier alpha value is -0.206. The van der Waals surface area contributed by atoms with Crippen LogP contribution in [0.25, 0.3) is 0 Å². The van der Waals surface area contributed by atoms with Crippen molar-refractivity contribution in [3.63, 3.8) is 0 Å². The fraction of sp³-hybridized carbons (Fsp3) is 0.818. The average molecular weight is 415 g/mol. The second-order valence-electron chi connectivity index (χ2n) is 9.26. The molecule has 4 N–H and O–H groups in total. The molecule has 27 heavy (non-hydrogen) atoms. The Balaban J connectivity index is 3.97. The highest BCUT2D eigenvalue weighted by atomic mass is 28.4. The van der Waals surface area contributed by atoms with E-state index < -0.39 is 16.6 Å². The summed E-state index contributed by atoms with van der Waals surface area (Å²) in [5.41, 5.74) is 3.01. The van der Waals surface area contributed by atoms with Crippen molar-refractivity contribution in [2.45, 2.75) is 91.7 Å². The summed E-state index contributed by atoms with van der Waals surface area (Å²) in [4.78, 5) is 0. The Labute approximate surface area is 172 Å². The highest BCUT2D eigenvalue weighted by molar-refractivity contribution is 6.84. The van der Waals surface area contributed by atoms with Gasteiger partial charge >= 0.3 is 0 Å². The zero-order valence-corrected chi connectivity index (χ0v) is 21.8. The second kappa shape index (κ2) is 14.7. The average Bonchev–Trinajstić information content (AvgIpc) is 2.59. The molecule has 0 aliphatic carbocycles. The molecule has 0 bridgehead atoms. The molecular formula is C22H50N2OSi2+2. The summed E-state index contributed by atoms with van der Waals surface area (Å²) in [6.07, 6.45) is 9.67. The van der Waals surface area contributed by atoms with Gasteiger partial charge in [-0.1, -0.05) is 25.0 Å². The van der Waals surface area contributed by atoms with Gasteiger partial charge in [-0.2, -0.15) is 0 Å². The smallest absolute Gasteiger partial charge is 0.173 e. The summed E-state index contributed by atoms with van der Waals surface area (Å²) >= 11 is 0. The lowest BCUT2D eigenvalue weighted by Crippen LogP contribution is -2.84. The van der Waals surface area contributed by atoms with Crippen molar-refractivity contribution in [3.8, 4) is 0 Å². The van der Waals surface area contributed by atoms with E-state index in [9.17, 15) is 0 Å². The van der Waals surface area contributed by atoms with Gasteiger partial charge in [0.25, 0.3) is 0 Å². The Kier molecular flexibility index (Phi) is 14.6. The van der Waals surface area contributed by atoms with E-state index in [1.165, 1.54) is 62.0 Å². The fourth-order valence-electron chi connectivity index (χ4n) is 3.29. The predicted octanol–water partition coefficient (Wildman–Crippen LogP) is 4.03. The number of quaternary nitrogens is 2. The fourth-order valence-corrected chi connectivity index (χ4v) is 12.2. The van der Waals surface area contributed by atoms with Crippen LogP contribution >= 0.6 is 0 Å². The van der Waals surface area contributed by atoms with Crippen LogP contribution in [-0.2, 0) is 4.12 Å². The summed E-state index contributed by atoms with van der Waals surface area (Å²) in [7, 11) is -3.03. The van der Waals surface area contributed by atoms with Crippen LogP contribution in [0.1, 0.15) is 53.4 Å². The van der Waals surface area contributed by atoms with Gasteiger partial charge in [-0.25, -0.2) is 0 Å². The molecule has 0 unspecified atom stereocenters. The van der Waals surface area contributed by atoms with E-state index in [2.05, 4.69) is 76.7 Å². The van der Waals surface area contributed by atoms with Crippen LogP contribution in [0.4, 0.5) is 0 Å². The van der Waals surface area contributed by atoms with E-state index >= 15 is 0 Å². The largest absolute Gasteiger partial charge is 0.455 e. The Morgan fingerprint density at radius 1 is 0.741 bits per heavy atom. The molecule has 0 heterocycles. The molecule has 0 aliphatic rings. The standard InChI is InChI=1S/C22H48N2OSi2/c1-9-21(3)13-17-23-15-11-19-26(5,6)25-27(7,8)20-12-16-24-18-14-22(4)10-2/h13-14,23-24H,9-12,15-20H2,1-8H3/p+2. The molecular weight excluding hydrogens is 364 g/mol. The Morgan fingerprint density at radius 3 is 1.44 bits per heavy atom. The number of allylic oxidation sites excluding steroid dienone is 2. The molecule has 0 radical (unpaired) electrons. The molecule has 0 aliphatic heterocycles. The second-order valence-corrected chi connectivity index (χ2v) is 18.1. The molecule has 0 aromatic carbocycles. The predicted molar refractivity (Wildman–Crippen MR) is 126 cm³/mol. The van der Waals surface area contributed by atoms with Crippen LogP contribution in [0.2, 0.25) is 38.3 Å². The number of rotatable bonds is 16. The molecule has 0 amide bonds. The van der Waals surface area contributed by atoms with Crippen LogP contribution in [0.5, 0.6) is 0 Å². The van der Waals surface area contributed by atoms with Gasteiger partial charge in [-0.05, 0) is 90.0 Å². The monoisotopic (exact) mass is 414 g/mol. The quantitative estimate of drug-likeness (QED) is 0.223. The van der Waals surface area contributed by atoms with Crippen molar-refractivity contribution in [2.24, 2.45) is 0 Å². The van der Waals surface area contributed by atoms with E-state index in [4.69, 9.17) is 4.12 Å². The van der Waals surface area contributed by atoms with Crippen LogP contribution in [0.3, 0.4) is 0 Å². The summed E-state index contributed by atoms with van der Waals surface area (Å²) in [6.45, 7) is 23.3. The SMILES string of the molecule is CCC(C)=CC[NH2+]CCC[Si](C)(C)O[Si](C)(C)CCC[NH2+]CC=C(C)CC. The van der Waals surface area contributed by atoms with Gasteiger partial charge in [0.1, 0.15) is 0 Å². The number of nitrogens with two attached hydrogens (primary N) is 2. The normalized spacial score (nSPS) is 14.1. The van der Waals surface area contributed by atoms with Gasteiger partial charge in [-0.15, -0.1) is 0 Å². The first kappa shape index (κ1) is 26.8. The van der Waals surface area contributed by atoms with Gasteiger partial charge in [0.05, 0.1) is 26.2 Å².